The summed E-state index contributed by atoms with van der Waals surface area (Å²) in [5.74, 6) is -0.855. The van der Waals surface area contributed by atoms with Crippen LogP contribution in [0, 0.1) is 0 Å². The van der Waals surface area contributed by atoms with E-state index in [9.17, 15) is 9.59 Å². The maximum absolute atomic E-state index is 12.8. The first-order valence-electron chi connectivity index (χ1n) is 8.86. The highest BCUT2D eigenvalue weighted by Gasteiger charge is 2.24. The van der Waals surface area contributed by atoms with Crippen LogP contribution in [-0.4, -0.2) is 28.3 Å². The molecule has 28 heavy (non-hydrogen) atoms. The summed E-state index contributed by atoms with van der Waals surface area (Å²) in [5, 5.41) is 7.46. The van der Waals surface area contributed by atoms with E-state index >= 15 is 0 Å². The minimum absolute atomic E-state index is 0.236. The molecule has 0 aliphatic heterocycles. The van der Waals surface area contributed by atoms with Crippen LogP contribution in [0.25, 0.3) is 0 Å². The van der Waals surface area contributed by atoms with Crippen molar-refractivity contribution in [2.75, 3.05) is 6.61 Å². The molecule has 0 spiro atoms. The maximum Gasteiger partial charge on any atom is 0.333 e. The third-order valence-electron chi connectivity index (χ3n) is 4.07. The molecule has 0 fully saturated rings. The van der Waals surface area contributed by atoms with E-state index in [0.29, 0.717) is 22.7 Å². The molecule has 0 saturated carbocycles. The molecule has 144 valence electrons. The van der Waals surface area contributed by atoms with Crippen LogP contribution < -0.4 is 5.32 Å². The van der Waals surface area contributed by atoms with Gasteiger partial charge in [-0.25, -0.2) is 4.79 Å². The number of carbonyl (C=O) groups is 2. The van der Waals surface area contributed by atoms with Gasteiger partial charge in [-0.3, -0.25) is 9.48 Å². The molecule has 0 radical (unpaired) electrons. The monoisotopic (exact) mass is 397 g/mol. The third-order valence-corrected chi connectivity index (χ3v) is 4.26. The highest BCUT2D eigenvalue weighted by atomic mass is 35.5. The van der Waals surface area contributed by atoms with Gasteiger partial charge in [-0.15, -0.1) is 0 Å². The minimum Gasteiger partial charge on any atom is -0.464 e. The van der Waals surface area contributed by atoms with Crippen LogP contribution in [0.4, 0.5) is 0 Å². The summed E-state index contributed by atoms with van der Waals surface area (Å²) in [6, 6.07) is 15.3. The first-order chi connectivity index (χ1) is 13.6. The van der Waals surface area contributed by atoms with Crippen LogP contribution in [-0.2, 0) is 16.1 Å². The van der Waals surface area contributed by atoms with Crippen molar-refractivity contribution >= 4 is 23.5 Å². The number of rotatable bonds is 7. The Morgan fingerprint density at radius 1 is 1.18 bits per heavy atom. The Hall–Kier alpha value is -3.12. The zero-order valence-electron chi connectivity index (χ0n) is 15.3. The molecule has 1 heterocycles. The second-order valence-corrected chi connectivity index (χ2v) is 6.56. The number of aromatic nitrogens is 2. The zero-order chi connectivity index (χ0) is 19.9. The lowest BCUT2D eigenvalue weighted by molar-refractivity contribution is -0.145. The predicted molar refractivity (Wildman–Crippen MR) is 106 cm³/mol. The standard InChI is InChI=1S/C21H20ClN3O3/c1-2-28-21(27)19(16-8-4-3-5-9-16)24-20(26)17-10-6-7-15(11-17)13-25-14-18(22)12-23-25/h3-12,14,19H,2,13H2,1H3,(H,24,26)/t19-/m1/s1. The lowest BCUT2D eigenvalue weighted by Crippen LogP contribution is -2.35. The van der Waals surface area contributed by atoms with Gasteiger partial charge in [0.2, 0.25) is 0 Å². The lowest BCUT2D eigenvalue weighted by atomic mass is 10.1. The topological polar surface area (TPSA) is 73.2 Å². The van der Waals surface area contributed by atoms with Crippen LogP contribution in [0.15, 0.2) is 67.0 Å². The van der Waals surface area contributed by atoms with Gasteiger partial charge in [0.25, 0.3) is 5.91 Å². The summed E-state index contributed by atoms with van der Waals surface area (Å²) in [6.45, 7) is 2.45. The van der Waals surface area contributed by atoms with Crippen molar-refractivity contribution in [3.63, 3.8) is 0 Å². The second kappa shape index (κ2) is 9.19. The van der Waals surface area contributed by atoms with Gasteiger partial charge in [-0.05, 0) is 30.2 Å². The average Bonchev–Trinajstić information content (AvgIpc) is 3.11. The lowest BCUT2D eigenvalue weighted by Gasteiger charge is -2.18. The molecule has 1 aromatic heterocycles. The van der Waals surface area contributed by atoms with Crippen LogP contribution in [0.5, 0.6) is 0 Å². The Morgan fingerprint density at radius 3 is 2.64 bits per heavy atom. The molecule has 3 rings (SSSR count). The highest BCUT2D eigenvalue weighted by molar-refractivity contribution is 6.30. The summed E-state index contributed by atoms with van der Waals surface area (Å²) in [6.07, 6.45) is 3.27. The normalized spacial score (nSPS) is 11.6. The molecule has 7 heteroatoms. The smallest absolute Gasteiger partial charge is 0.333 e. The highest BCUT2D eigenvalue weighted by Crippen LogP contribution is 2.16. The molecule has 0 aliphatic rings. The number of carbonyl (C=O) groups excluding carboxylic acids is 2. The van der Waals surface area contributed by atoms with E-state index in [4.69, 9.17) is 16.3 Å². The largest absolute Gasteiger partial charge is 0.464 e. The fourth-order valence-electron chi connectivity index (χ4n) is 2.79. The minimum atomic E-state index is -0.873. The fourth-order valence-corrected chi connectivity index (χ4v) is 2.94. The van der Waals surface area contributed by atoms with Crippen LogP contribution in [0.3, 0.4) is 0 Å². The molecule has 1 amide bonds. The van der Waals surface area contributed by atoms with Crippen molar-refractivity contribution in [2.24, 2.45) is 0 Å². The number of ether oxygens (including phenoxy) is 1. The molecule has 3 aromatic rings. The van der Waals surface area contributed by atoms with Crippen molar-refractivity contribution in [1.29, 1.82) is 0 Å². The van der Waals surface area contributed by atoms with E-state index in [2.05, 4.69) is 10.4 Å². The van der Waals surface area contributed by atoms with Crippen molar-refractivity contribution in [3.8, 4) is 0 Å². The van der Waals surface area contributed by atoms with Gasteiger partial charge in [0, 0.05) is 11.8 Å². The Kier molecular flexibility index (Phi) is 6.45. The molecule has 0 saturated heterocycles. The Bertz CT molecular complexity index is 956. The second-order valence-electron chi connectivity index (χ2n) is 6.13. The van der Waals surface area contributed by atoms with Crippen molar-refractivity contribution in [1.82, 2.24) is 15.1 Å². The average molecular weight is 398 g/mol. The molecular formula is C21H20ClN3O3. The molecule has 1 N–H and O–H groups in total. The van der Waals surface area contributed by atoms with E-state index in [1.165, 1.54) is 0 Å². The first kappa shape index (κ1) is 19.6. The van der Waals surface area contributed by atoms with E-state index in [0.717, 1.165) is 5.56 Å². The Morgan fingerprint density at radius 2 is 1.96 bits per heavy atom. The summed E-state index contributed by atoms with van der Waals surface area (Å²) < 4.78 is 6.81. The summed E-state index contributed by atoms with van der Waals surface area (Å²) in [4.78, 5) is 25.1. The number of benzene rings is 2. The van der Waals surface area contributed by atoms with Gasteiger partial charge in [-0.1, -0.05) is 54.1 Å². The van der Waals surface area contributed by atoms with Gasteiger partial charge < -0.3 is 10.1 Å². The van der Waals surface area contributed by atoms with E-state index in [1.54, 1.807) is 54.3 Å². The number of amides is 1. The van der Waals surface area contributed by atoms with Gasteiger partial charge >= 0.3 is 5.97 Å². The molecule has 1 atom stereocenters. The fraction of sp³-hybridized carbons (Fsp3) is 0.190. The van der Waals surface area contributed by atoms with E-state index in [1.807, 2.05) is 24.3 Å². The predicted octanol–water partition coefficient (Wildman–Crippen LogP) is 3.62. The third kappa shape index (κ3) is 4.98. The van der Waals surface area contributed by atoms with Gasteiger partial charge in [0.05, 0.1) is 24.4 Å². The Balaban J connectivity index is 1.78. The molecule has 0 aliphatic carbocycles. The summed E-state index contributed by atoms with van der Waals surface area (Å²) >= 11 is 5.89. The van der Waals surface area contributed by atoms with E-state index in [-0.39, 0.29) is 12.5 Å². The van der Waals surface area contributed by atoms with Gasteiger partial charge in [-0.2, -0.15) is 5.10 Å². The molecular weight excluding hydrogens is 378 g/mol. The number of nitrogens with zero attached hydrogens (tertiary/aromatic N) is 2. The SMILES string of the molecule is CCOC(=O)[C@H](NC(=O)c1cccc(Cn2cc(Cl)cn2)c1)c1ccccc1. The van der Waals surface area contributed by atoms with Crippen LogP contribution >= 0.6 is 11.6 Å². The Labute approximate surface area is 168 Å². The number of hydrogen-bond acceptors (Lipinski definition) is 4. The summed E-state index contributed by atoms with van der Waals surface area (Å²) in [5.41, 5.74) is 2.00. The quantitative estimate of drug-likeness (QED) is 0.618. The maximum atomic E-state index is 12.8. The van der Waals surface area contributed by atoms with Crippen molar-refractivity contribution < 1.29 is 14.3 Å². The zero-order valence-corrected chi connectivity index (χ0v) is 16.1. The molecule has 6 nitrogen and oxygen atoms in total. The summed E-state index contributed by atoms with van der Waals surface area (Å²) in [7, 11) is 0. The molecule has 0 unspecified atom stereocenters. The van der Waals surface area contributed by atoms with Gasteiger partial charge in [0.15, 0.2) is 6.04 Å². The van der Waals surface area contributed by atoms with E-state index < -0.39 is 12.0 Å². The number of halogens is 1. The number of esters is 1. The van der Waals surface area contributed by atoms with Crippen LogP contribution in [0.1, 0.15) is 34.5 Å². The van der Waals surface area contributed by atoms with Crippen molar-refractivity contribution in [3.05, 3.63) is 88.7 Å². The number of hydrogen-bond donors (Lipinski definition) is 1. The molecule has 0 bridgehead atoms. The number of nitrogens with one attached hydrogen (secondary N) is 1. The first-order valence-corrected chi connectivity index (χ1v) is 9.24. The molecule has 2 aromatic carbocycles. The van der Waals surface area contributed by atoms with Crippen LogP contribution in [0.2, 0.25) is 5.02 Å². The van der Waals surface area contributed by atoms with Gasteiger partial charge in [0.1, 0.15) is 0 Å². The van der Waals surface area contributed by atoms with Crippen molar-refractivity contribution in [2.45, 2.75) is 19.5 Å².